The third-order valence-electron chi connectivity index (χ3n) is 4.33. The Bertz CT molecular complexity index is 450. The molecule has 2 fully saturated rings. The minimum absolute atomic E-state index is 0.220. The summed E-state index contributed by atoms with van der Waals surface area (Å²) < 4.78 is 32.3. The van der Waals surface area contributed by atoms with Gasteiger partial charge in [-0.25, -0.2) is 13.1 Å². The SMILES string of the molecule is COC(=O)C1CCCC1S(=O)(=O)NC1CCCC(O)C1. The van der Waals surface area contributed by atoms with Crippen LogP contribution in [0.1, 0.15) is 44.9 Å². The molecule has 0 aromatic rings. The van der Waals surface area contributed by atoms with E-state index < -0.39 is 33.3 Å². The molecule has 0 aromatic heterocycles. The largest absolute Gasteiger partial charge is 0.469 e. The fraction of sp³-hybridized carbons (Fsp3) is 0.923. The van der Waals surface area contributed by atoms with Crippen molar-refractivity contribution in [3.8, 4) is 0 Å². The predicted octanol–water partition coefficient (Wildman–Crippen LogP) is 0.551. The molecule has 116 valence electrons. The van der Waals surface area contributed by atoms with Gasteiger partial charge in [-0.05, 0) is 38.5 Å². The number of aliphatic hydroxyl groups excluding tert-OH is 1. The molecule has 0 bridgehead atoms. The van der Waals surface area contributed by atoms with Gasteiger partial charge in [0.2, 0.25) is 10.0 Å². The first-order valence-corrected chi connectivity index (χ1v) is 8.75. The average Bonchev–Trinajstić information content (AvgIpc) is 2.87. The van der Waals surface area contributed by atoms with Gasteiger partial charge in [0.1, 0.15) is 0 Å². The molecule has 0 amide bonds. The number of hydrogen-bond donors (Lipinski definition) is 2. The summed E-state index contributed by atoms with van der Waals surface area (Å²) >= 11 is 0. The molecular formula is C13H23NO5S. The van der Waals surface area contributed by atoms with Gasteiger partial charge in [0.25, 0.3) is 0 Å². The van der Waals surface area contributed by atoms with Crippen molar-refractivity contribution in [2.24, 2.45) is 5.92 Å². The van der Waals surface area contributed by atoms with E-state index in [0.717, 1.165) is 25.7 Å². The number of aliphatic hydroxyl groups is 1. The molecule has 7 heteroatoms. The maximum absolute atomic E-state index is 12.4. The van der Waals surface area contributed by atoms with Crippen molar-refractivity contribution in [3.63, 3.8) is 0 Å². The Balaban J connectivity index is 2.03. The van der Waals surface area contributed by atoms with Gasteiger partial charge in [0.05, 0.1) is 24.4 Å². The van der Waals surface area contributed by atoms with E-state index >= 15 is 0 Å². The lowest BCUT2D eigenvalue weighted by Gasteiger charge is -2.28. The number of nitrogens with one attached hydrogen (secondary N) is 1. The number of ether oxygens (including phenoxy) is 1. The fourth-order valence-corrected chi connectivity index (χ4v) is 5.32. The molecule has 0 aromatic carbocycles. The van der Waals surface area contributed by atoms with Crippen LogP contribution in [0, 0.1) is 5.92 Å². The standard InChI is InChI=1S/C13H23NO5S/c1-19-13(16)11-6-3-7-12(11)20(17,18)14-9-4-2-5-10(15)8-9/h9-12,14-15H,2-8H2,1H3. The van der Waals surface area contributed by atoms with Gasteiger partial charge in [0, 0.05) is 6.04 Å². The van der Waals surface area contributed by atoms with E-state index in [1.165, 1.54) is 7.11 Å². The van der Waals surface area contributed by atoms with Gasteiger partial charge in [-0.3, -0.25) is 4.79 Å². The third-order valence-corrected chi connectivity index (χ3v) is 6.36. The number of carbonyl (C=O) groups is 1. The van der Waals surface area contributed by atoms with Crippen molar-refractivity contribution in [1.29, 1.82) is 0 Å². The van der Waals surface area contributed by atoms with Gasteiger partial charge in [0.15, 0.2) is 0 Å². The van der Waals surface area contributed by atoms with Crippen LogP contribution in [0.2, 0.25) is 0 Å². The predicted molar refractivity (Wildman–Crippen MR) is 73.5 cm³/mol. The van der Waals surface area contributed by atoms with Crippen LogP contribution in [0.5, 0.6) is 0 Å². The second-order valence-electron chi connectivity index (χ2n) is 5.78. The summed E-state index contributed by atoms with van der Waals surface area (Å²) in [6.45, 7) is 0. The Morgan fingerprint density at radius 1 is 1.20 bits per heavy atom. The molecule has 0 heterocycles. The first-order chi connectivity index (χ1) is 9.44. The molecule has 2 aliphatic rings. The third kappa shape index (κ3) is 3.51. The molecule has 20 heavy (non-hydrogen) atoms. The number of carbonyl (C=O) groups excluding carboxylic acids is 1. The molecule has 4 atom stereocenters. The van der Waals surface area contributed by atoms with Crippen LogP contribution in [-0.4, -0.2) is 44.0 Å². The van der Waals surface area contributed by atoms with Gasteiger partial charge >= 0.3 is 5.97 Å². The summed E-state index contributed by atoms with van der Waals surface area (Å²) in [6.07, 6.45) is 4.08. The van der Waals surface area contributed by atoms with Crippen molar-refractivity contribution in [2.75, 3.05) is 7.11 Å². The first kappa shape index (κ1) is 15.7. The van der Waals surface area contributed by atoms with Crippen LogP contribution in [0.15, 0.2) is 0 Å². The Hall–Kier alpha value is -0.660. The maximum atomic E-state index is 12.4. The second kappa shape index (κ2) is 6.41. The Morgan fingerprint density at radius 2 is 1.90 bits per heavy atom. The van der Waals surface area contributed by atoms with E-state index in [2.05, 4.69) is 4.72 Å². The molecular weight excluding hydrogens is 282 g/mol. The lowest BCUT2D eigenvalue weighted by atomic mass is 9.94. The van der Waals surface area contributed by atoms with Crippen LogP contribution in [-0.2, 0) is 19.6 Å². The first-order valence-electron chi connectivity index (χ1n) is 7.21. The molecule has 0 saturated heterocycles. The van der Waals surface area contributed by atoms with Crippen molar-refractivity contribution < 1.29 is 23.1 Å². The monoisotopic (exact) mass is 305 g/mol. The van der Waals surface area contributed by atoms with Gasteiger partial charge in [-0.2, -0.15) is 0 Å². The topological polar surface area (TPSA) is 92.7 Å². The van der Waals surface area contributed by atoms with Gasteiger partial charge < -0.3 is 9.84 Å². The summed E-state index contributed by atoms with van der Waals surface area (Å²) in [5, 5.41) is 8.91. The van der Waals surface area contributed by atoms with Gasteiger partial charge in [-0.15, -0.1) is 0 Å². The minimum Gasteiger partial charge on any atom is -0.469 e. The molecule has 2 aliphatic carbocycles. The van der Waals surface area contributed by atoms with E-state index in [0.29, 0.717) is 19.3 Å². The highest BCUT2D eigenvalue weighted by Crippen LogP contribution is 2.32. The number of hydrogen-bond acceptors (Lipinski definition) is 5. The number of rotatable bonds is 4. The van der Waals surface area contributed by atoms with E-state index in [-0.39, 0.29) is 6.04 Å². The lowest BCUT2D eigenvalue weighted by molar-refractivity contribution is -0.145. The zero-order valence-electron chi connectivity index (χ0n) is 11.7. The quantitative estimate of drug-likeness (QED) is 0.740. The normalized spacial score (nSPS) is 34.9. The smallest absolute Gasteiger partial charge is 0.310 e. The zero-order chi connectivity index (χ0) is 14.8. The summed E-state index contributed by atoms with van der Waals surface area (Å²) in [5.41, 5.74) is 0. The summed E-state index contributed by atoms with van der Waals surface area (Å²) in [6, 6.07) is -0.220. The summed E-state index contributed by atoms with van der Waals surface area (Å²) in [4.78, 5) is 11.7. The summed E-state index contributed by atoms with van der Waals surface area (Å²) in [5.74, 6) is -1.01. The van der Waals surface area contributed by atoms with E-state index in [9.17, 15) is 18.3 Å². The van der Waals surface area contributed by atoms with Crippen LogP contribution in [0.3, 0.4) is 0 Å². The van der Waals surface area contributed by atoms with E-state index in [1.807, 2.05) is 0 Å². The summed E-state index contributed by atoms with van der Waals surface area (Å²) in [7, 11) is -2.26. The second-order valence-corrected chi connectivity index (χ2v) is 7.71. The molecule has 2 N–H and O–H groups in total. The van der Waals surface area contributed by atoms with Crippen LogP contribution >= 0.6 is 0 Å². The average molecular weight is 305 g/mol. The highest BCUT2D eigenvalue weighted by Gasteiger charge is 2.43. The zero-order valence-corrected chi connectivity index (χ0v) is 12.6. The van der Waals surface area contributed by atoms with Crippen LogP contribution < -0.4 is 4.72 Å². The Morgan fingerprint density at radius 3 is 2.55 bits per heavy atom. The minimum atomic E-state index is -3.55. The molecule has 0 spiro atoms. The maximum Gasteiger partial charge on any atom is 0.310 e. The van der Waals surface area contributed by atoms with Crippen molar-refractivity contribution in [2.45, 2.75) is 62.3 Å². The van der Waals surface area contributed by atoms with Crippen molar-refractivity contribution in [1.82, 2.24) is 4.72 Å². The van der Waals surface area contributed by atoms with Gasteiger partial charge in [-0.1, -0.05) is 6.42 Å². The molecule has 6 nitrogen and oxygen atoms in total. The van der Waals surface area contributed by atoms with E-state index in [1.54, 1.807) is 0 Å². The van der Waals surface area contributed by atoms with Crippen molar-refractivity contribution in [3.05, 3.63) is 0 Å². The number of methoxy groups -OCH3 is 1. The highest BCUT2D eigenvalue weighted by atomic mass is 32.2. The van der Waals surface area contributed by atoms with Crippen LogP contribution in [0.25, 0.3) is 0 Å². The Labute approximate surface area is 119 Å². The fourth-order valence-electron chi connectivity index (χ4n) is 3.31. The lowest BCUT2D eigenvalue weighted by Crippen LogP contribution is -2.46. The number of sulfonamides is 1. The highest BCUT2D eigenvalue weighted by molar-refractivity contribution is 7.90. The van der Waals surface area contributed by atoms with Crippen molar-refractivity contribution >= 4 is 16.0 Å². The number of esters is 1. The van der Waals surface area contributed by atoms with E-state index in [4.69, 9.17) is 4.74 Å². The molecule has 0 aliphatic heterocycles. The van der Waals surface area contributed by atoms with Crippen LogP contribution in [0.4, 0.5) is 0 Å². The molecule has 4 unspecified atom stereocenters. The molecule has 2 rings (SSSR count). The molecule has 0 radical (unpaired) electrons. The molecule has 2 saturated carbocycles. The Kier molecular flexibility index (Phi) is 5.04.